The second-order valence-corrected chi connectivity index (χ2v) is 4.56. The first-order valence-electron chi connectivity index (χ1n) is 5.41. The number of nitrogens with zero attached hydrogens (tertiary/aromatic N) is 1. The second kappa shape index (κ2) is 5.25. The molecule has 13 heavy (non-hydrogen) atoms. The molecule has 0 aliphatic carbocycles. The molecule has 0 aromatic carbocycles. The van der Waals surface area contributed by atoms with Crippen LogP contribution in [-0.4, -0.2) is 24.4 Å². The monoisotopic (exact) mass is 183 g/mol. The highest BCUT2D eigenvalue weighted by atomic mass is 16.1. The first kappa shape index (κ1) is 10.6. The second-order valence-electron chi connectivity index (χ2n) is 4.56. The Morgan fingerprint density at radius 3 is 2.46 bits per heavy atom. The molecule has 0 N–H and O–H groups in total. The van der Waals surface area contributed by atoms with E-state index in [1.165, 1.54) is 25.7 Å². The van der Waals surface area contributed by atoms with Crippen LogP contribution < -0.4 is 0 Å². The smallest absolute Gasteiger partial charge is 0.209 e. The Morgan fingerprint density at radius 2 is 2.00 bits per heavy atom. The van der Waals surface area contributed by atoms with Crippen molar-refractivity contribution in [1.82, 2.24) is 4.90 Å². The summed E-state index contributed by atoms with van der Waals surface area (Å²) in [6.45, 7) is 6.51. The normalized spacial score (nSPS) is 19.5. The van der Waals surface area contributed by atoms with Crippen LogP contribution in [0.2, 0.25) is 0 Å². The Morgan fingerprint density at radius 1 is 1.38 bits per heavy atom. The summed E-state index contributed by atoms with van der Waals surface area (Å²) in [4.78, 5) is 12.4. The van der Waals surface area contributed by atoms with Gasteiger partial charge in [0.1, 0.15) is 0 Å². The maximum absolute atomic E-state index is 10.5. The predicted octanol–water partition coefficient (Wildman–Crippen LogP) is 2.29. The van der Waals surface area contributed by atoms with E-state index in [9.17, 15) is 4.79 Å². The summed E-state index contributed by atoms with van der Waals surface area (Å²) in [5.74, 6) is 1.70. The minimum atomic E-state index is 0.823. The molecule has 1 fully saturated rings. The topological polar surface area (TPSA) is 20.3 Å². The molecule has 0 radical (unpaired) electrons. The molecule has 1 aliphatic heterocycles. The Balaban J connectivity index is 2.14. The SMILES string of the molecule is CC(C)CCC1CCN(C=O)CC1. The van der Waals surface area contributed by atoms with Gasteiger partial charge in [-0.05, 0) is 24.7 Å². The molecule has 0 unspecified atom stereocenters. The zero-order chi connectivity index (χ0) is 9.68. The number of hydrogen-bond acceptors (Lipinski definition) is 1. The van der Waals surface area contributed by atoms with E-state index < -0.39 is 0 Å². The van der Waals surface area contributed by atoms with Gasteiger partial charge >= 0.3 is 0 Å². The molecular formula is C11H21NO. The largest absolute Gasteiger partial charge is 0.345 e. The van der Waals surface area contributed by atoms with E-state index in [0.29, 0.717) is 0 Å². The van der Waals surface area contributed by atoms with Crippen molar-refractivity contribution in [1.29, 1.82) is 0 Å². The summed E-state index contributed by atoms with van der Waals surface area (Å²) in [7, 11) is 0. The summed E-state index contributed by atoms with van der Waals surface area (Å²) in [5, 5.41) is 0. The maximum atomic E-state index is 10.5. The zero-order valence-corrected chi connectivity index (χ0v) is 8.83. The average molecular weight is 183 g/mol. The highest BCUT2D eigenvalue weighted by Crippen LogP contribution is 2.22. The molecule has 1 heterocycles. The standard InChI is InChI=1S/C11H21NO/c1-10(2)3-4-11-5-7-12(9-13)8-6-11/h9-11H,3-8H2,1-2H3. The molecule has 2 heteroatoms. The molecule has 0 aromatic rings. The minimum absolute atomic E-state index is 0.823. The molecule has 1 rings (SSSR count). The number of amides is 1. The summed E-state index contributed by atoms with van der Waals surface area (Å²) >= 11 is 0. The van der Waals surface area contributed by atoms with Crippen LogP contribution >= 0.6 is 0 Å². The summed E-state index contributed by atoms with van der Waals surface area (Å²) in [6, 6.07) is 0. The molecule has 0 spiro atoms. The zero-order valence-electron chi connectivity index (χ0n) is 8.83. The molecule has 0 aromatic heterocycles. The Bertz CT molecular complexity index is 148. The van der Waals surface area contributed by atoms with Crippen LogP contribution in [0.1, 0.15) is 39.5 Å². The minimum Gasteiger partial charge on any atom is -0.345 e. The van der Waals surface area contributed by atoms with E-state index in [1.54, 1.807) is 0 Å². The van der Waals surface area contributed by atoms with Crippen molar-refractivity contribution in [3.05, 3.63) is 0 Å². The van der Waals surface area contributed by atoms with E-state index in [0.717, 1.165) is 31.3 Å². The van der Waals surface area contributed by atoms with Crippen molar-refractivity contribution in [2.45, 2.75) is 39.5 Å². The fourth-order valence-corrected chi connectivity index (χ4v) is 1.92. The van der Waals surface area contributed by atoms with Crippen molar-refractivity contribution in [2.75, 3.05) is 13.1 Å². The van der Waals surface area contributed by atoms with Gasteiger partial charge in [-0.1, -0.05) is 26.7 Å². The third kappa shape index (κ3) is 3.79. The van der Waals surface area contributed by atoms with Crippen LogP contribution in [0.25, 0.3) is 0 Å². The van der Waals surface area contributed by atoms with E-state index in [1.807, 2.05) is 4.90 Å². The van der Waals surface area contributed by atoms with Crippen molar-refractivity contribution >= 4 is 6.41 Å². The van der Waals surface area contributed by atoms with Crippen molar-refractivity contribution in [2.24, 2.45) is 11.8 Å². The Labute approximate surface area is 81.3 Å². The molecule has 1 aliphatic rings. The number of carbonyl (C=O) groups is 1. The van der Waals surface area contributed by atoms with Gasteiger partial charge in [0.05, 0.1) is 0 Å². The number of rotatable bonds is 4. The fraction of sp³-hybridized carbons (Fsp3) is 0.909. The number of piperidine rings is 1. The summed E-state index contributed by atoms with van der Waals surface area (Å²) in [6.07, 6.45) is 6.10. The third-order valence-electron chi connectivity index (χ3n) is 2.95. The lowest BCUT2D eigenvalue weighted by Gasteiger charge is -2.29. The Kier molecular flexibility index (Phi) is 4.26. The molecule has 1 saturated heterocycles. The van der Waals surface area contributed by atoms with Crippen LogP contribution in [-0.2, 0) is 4.79 Å². The van der Waals surface area contributed by atoms with Crippen LogP contribution in [0.5, 0.6) is 0 Å². The highest BCUT2D eigenvalue weighted by molar-refractivity contribution is 5.47. The van der Waals surface area contributed by atoms with Crippen LogP contribution in [0.15, 0.2) is 0 Å². The van der Waals surface area contributed by atoms with E-state index in [4.69, 9.17) is 0 Å². The van der Waals surface area contributed by atoms with E-state index in [2.05, 4.69) is 13.8 Å². The van der Waals surface area contributed by atoms with E-state index in [-0.39, 0.29) is 0 Å². The van der Waals surface area contributed by atoms with Gasteiger partial charge < -0.3 is 4.90 Å². The van der Waals surface area contributed by atoms with Gasteiger partial charge in [0.2, 0.25) is 6.41 Å². The lowest BCUT2D eigenvalue weighted by molar-refractivity contribution is -0.119. The van der Waals surface area contributed by atoms with Gasteiger partial charge in [-0.2, -0.15) is 0 Å². The molecule has 76 valence electrons. The first-order chi connectivity index (χ1) is 6.22. The molecule has 0 atom stereocenters. The van der Waals surface area contributed by atoms with Crippen molar-refractivity contribution < 1.29 is 4.79 Å². The lowest BCUT2D eigenvalue weighted by Crippen LogP contribution is -2.32. The maximum Gasteiger partial charge on any atom is 0.209 e. The van der Waals surface area contributed by atoms with Gasteiger partial charge in [0.25, 0.3) is 0 Å². The van der Waals surface area contributed by atoms with Gasteiger partial charge in [-0.3, -0.25) is 4.79 Å². The number of likely N-dealkylation sites (tertiary alicyclic amines) is 1. The molecular weight excluding hydrogens is 162 g/mol. The van der Waals surface area contributed by atoms with E-state index >= 15 is 0 Å². The van der Waals surface area contributed by atoms with Crippen LogP contribution in [0, 0.1) is 11.8 Å². The Hall–Kier alpha value is -0.530. The first-order valence-corrected chi connectivity index (χ1v) is 5.41. The summed E-state index contributed by atoms with van der Waals surface area (Å²) < 4.78 is 0. The van der Waals surface area contributed by atoms with Gasteiger partial charge in [-0.25, -0.2) is 0 Å². The van der Waals surface area contributed by atoms with Crippen LogP contribution in [0.4, 0.5) is 0 Å². The average Bonchev–Trinajstić information content (AvgIpc) is 2.15. The quantitative estimate of drug-likeness (QED) is 0.612. The fourth-order valence-electron chi connectivity index (χ4n) is 1.92. The highest BCUT2D eigenvalue weighted by Gasteiger charge is 2.17. The van der Waals surface area contributed by atoms with Gasteiger partial charge in [-0.15, -0.1) is 0 Å². The predicted molar refractivity (Wildman–Crippen MR) is 54.4 cm³/mol. The molecule has 0 bridgehead atoms. The number of hydrogen-bond donors (Lipinski definition) is 0. The van der Waals surface area contributed by atoms with Gasteiger partial charge in [0, 0.05) is 13.1 Å². The van der Waals surface area contributed by atoms with Crippen molar-refractivity contribution in [3.63, 3.8) is 0 Å². The molecule has 0 saturated carbocycles. The third-order valence-corrected chi connectivity index (χ3v) is 2.95. The molecule has 1 amide bonds. The summed E-state index contributed by atoms with van der Waals surface area (Å²) in [5.41, 5.74) is 0. The number of carbonyl (C=O) groups excluding carboxylic acids is 1. The van der Waals surface area contributed by atoms with Gasteiger partial charge in [0.15, 0.2) is 0 Å². The lowest BCUT2D eigenvalue weighted by atomic mass is 9.90. The van der Waals surface area contributed by atoms with Crippen LogP contribution in [0.3, 0.4) is 0 Å². The van der Waals surface area contributed by atoms with Crippen molar-refractivity contribution in [3.8, 4) is 0 Å². The molecule has 2 nitrogen and oxygen atoms in total.